The van der Waals surface area contributed by atoms with Crippen molar-refractivity contribution < 1.29 is 4.39 Å². The van der Waals surface area contributed by atoms with Gasteiger partial charge in [-0.3, -0.25) is 4.90 Å². The number of halogens is 2. The summed E-state index contributed by atoms with van der Waals surface area (Å²) in [7, 11) is 2.05. The number of nitrogens with zero attached hydrogens (tertiary/aromatic N) is 1. The van der Waals surface area contributed by atoms with Gasteiger partial charge in [-0.1, -0.05) is 43.4 Å². The highest BCUT2D eigenvalue weighted by atomic mass is 35.5. The summed E-state index contributed by atoms with van der Waals surface area (Å²) in [5, 5.41) is 0.473. The van der Waals surface area contributed by atoms with Crippen molar-refractivity contribution in [2.45, 2.75) is 50.6 Å². The van der Waals surface area contributed by atoms with E-state index in [9.17, 15) is 4.39 Å². The van der Waals surface area contributed by atoms with Gasteiger partial charge in [-0.25, -0.2) is 4.39 Å². The molecule has 0 radical (unpaired) electrons. The van der Waals surface area contributed by atoms with E-state index in [0.29, 0.717) is 23.2 Å². The fourth-order valence-corrected chi connectivity index (χ4v) is 3.53. The van der Waals surface area contributed by atoms with E-state index < -0.39 is 0 Å². The average Bonchev–Trinajstić information content (AvgIpc) is 2.71. The fourth-order valence-electron chi connectivity index (χ4n) is 3.24. The van der Waals surface area contributed by atoms with Gasteiger partial charge in [0.05, 0.1) is 6.04 Å². The van der Waals surface area contributed by atoms with Gasteiger partial charge >= 0.3 is 0 Å². The van der Waals surface area contributed by atoms with Gasteiger partial charge in [0.15, 0.2) is 0 Å². The Labute approximate surface area is 126 Å². The van der Waals surface area contributed by atoms with E-state index >= 15 is 0 Å². The lowest BCUT2D eigenvalue weighted by molar-refractivity contribution is 0.158. The maximum Gasteiger partial charge on any atom is 0.129 e. The van der Waals surface area contributed by atoms with Crippen LogP contribution in [0.4, 0.5) is 4.39 Å². The molecule has 1 aliphatic carbocycles. The number of nitrogens with two attached hydrogens (primary N) is 1. The van der Waals surface area contributed by atoms with Crippen molar-refractivity contribution >= 4 is 11.6 Å². The molecule has 1 aromatic carbocycles. The Hall–Kier alpha value is -0.640. The minimum atomic E-state index is -0.256. The topological polar surface area (TPSA) is 29.3 Å². The molecule has 0 bridgehead atoms. The van der Waals surface area contributed by atoms with Crippen LogP contribution in [0.3, 0.4) is 0 Å². The molecular formula is C16H24ClFN2. The summed E-state index contributed by atoms with van der Waals surface area (Å²) < 4.78 is 14.1. The van der Waals surface area contributed by atoms with Crippen LogP contribution in [-0.4, -0.2) is 24.5 Å². The molecule has 2 N–H and O–H groups in total. The second kappa shape index (κ2) is 7.39. The summed E-state index contributed by atoms with van der Waals surface area (Å²) in [5.41, 5.74) is 6.47. The molecule has 1 unspecified atom stereocenters. The van der Waals surface area contributed by atoms with Gasteiger partial charge < -0.3 is 5.73 Å². The van der Waals surface area contributed by atoms with E-state index in [1.54, 1.807) is 12.1 Å². The Morgan fingerprint density at radius 1 is 1.30 bits per heavy atom. The van der Waals surface area contributed by atoms with Crippen molar-refractivity contribution in [3.63, 3.8) is 0 Å². The molecule has 1 aromatic rings. The molecule has 112 valence electrons. The lowest BCUT2D eigenvalue weighted by Crippen LogP contribution is -2.39. The lowest BCUT2D eigenvalue weighted by atomic mass is 10.00. The summed E-state index contributed by atoms with van der Waals surface area (Å²) in [6, 6.07) is 5.17. The highest BCUT2D eigenvalue weighted by Gasteiger charge is 2.27. The smallest absolute Gasteiger partial charge is 0.129 e. The van der Waals surface area contributed by atoms with Crippen molar-refractivity contribution in [1.82, 2.24) is 4.90 Å². The third-order valence-electron chi connectivity index (χ3n) is 4.45. The maximum atomic E-state index is 14.1. The van der Waals surface area contributed by atoms with Crippen molar-refractivity contribution in [1.29, 1.82) is 0 Å². The molecule has 2 rings (SSSR count). The summed E-state index contributed by atoms with van der Waals surface area (Å²) in [6.07, 6.45) is 7.43. The number of hydrogen-bond donors (Lipinski definition) is 1. The van der Waals surface area contributed by atoms with Crippen LogP contribution in [0.1, 0.15) is 50.1 Å². The number of likely N-dealkylation sites (N-methyl/N-ethyl adjacent to an activating group) is 1. The first-order valence-corrected chi connectivity index (χ1v) is 7.89. The van der Waals surface area contributed by atoms with Gasteiger partial charge in [-0.2, -0.15) is 0 Å². The first-order valence-electron chi connectivity index (χ1n) is 7.51. The second-order valence-electron chi connectivity index (χ2n) is 5.70. The zero-order chi connectivity index (χ0) is 14.5. The van der Waals surface area contributed by atoms with E-state index in [1.165, 1.54) is 44.6 Å². The van der Waals surface area contributed by atoms with E-state index in [0.717, 1.165) is 0 Å². The van der Waals surface area contributed by atoms with Crippen molar-refractivity contribution in [2.75, 3.05) is 13.6 Å². The normalized spacial score (nSPS) is 19.1. The first kappa shape index (κ1) is 15.7. The lowest BCUT2D eigenvalue weighted by Gasteiger charge is -2.35. The molecule has 1 fully saturated rings. The van der Waals surface area contributed by atoms with Crippen LogP contribution in [0.2, 0.25) is 5.02 Å². The van der Waals surface area contributed by atoms with Crippen molar-refractivity contribution in [2.24, 2.45) is 5.73 Å². The molecule has 0 aromatic heterocycles. The Balaban J connectivity index is 2.22. The molecule has 1 atom stereocenters. The molecule has 0 saturated heterocycles. The van der Waals surface area contributed by atoms with Crippen LogP contribution in [0.5, 0.6) is 0 Å². The Morgan fingerprint density at radius 3 is 2.50 bits per heavy atom. The molecule has 20 heavy (non-hydrogen) atoms. The van der Waals surface area contributed by atoms with Crippen LogP contribution in [0.15, 0.2) is 18.2 Å². The Bertz CT molecular complexity index is 410. The average molecular weight is 299 g/mol. The molecule has 1 saturated carbocycles. The zero-order valence-electron chi connectivity index (χ0n) is 12.1. The van der Waals surface area contributed by atoms with Crippen LogP contribution >= 0.6 is 11.6 Å². The van der Waals surface area contributed by atoms with Crippen LogP contribution in [-0.2, 0) is 0 Å². The molecular weight excluding hydrogens is 275 g/mol. The summed E-state index contributed by atoms with van der Waals surface area (Å²) in [6.45, 7) is 0.383. The highest BCUT2D eigenvalue weighted by molar-refractivity contribution is 6.31. The zero-order valence-corrected chi connectivity index (χ0v) is 12.9. The minimum Gasteiger partial charge on any atom is -0.329 e. The number of benzene rings is 1. The maximum absolute atomic E-state index is 14.1. The molecule has 0 aliphatic heterocycles. The minimum absolute atomic E-state index is 0.146. The van der Waals surface area contributed by atoms with Crippen LogP contribution in [0.25, 0.3) is 0 Å². The Morgan fingerprint density at radius 2 is 1.95 bits per heavy atom. The standard InChI is InChI=1S/C16H24ClFN2/c1-20(12-7-4-2-3-5-8-12)15(11-19)16-13(17)9-6-10-14(16)18/h6,9-10,12,15H,2-5,7-8,11,19H2,1H3. The number of rotatable bonds is 4. The van der Waals surface area contributed by atoms with E-state index in [2.05, 4.69) is 11.9 Å². The van der Waals surface area contributed by atoms with Gasteiger partial charge in [0.25, 0.3) is 0 Å². The fraction of sp³-hybridized carbons (Fsp3) is 0.625. The SMILES string of the molecule is CN(C1CCCCCC1)C(CN)c1c(F)cccc1Cl. The summed E-state index contributed by atoms with van der Waals surface area (Å²) in [5.74, 6) is -0.256. The van der Waals surface area contributed by atoms with Gasteiger partial charge in [0.2, 0.25) is 0 Å². The highest BCUT2D eigenvalue weighted by Crippen LogP contribution is 2.32. The van der Waals surface area contributed by atoms with E-state index in [-0.39, 0.29) is 11.9 Å². The second-order valence-corrected chi connectivity index (χ2v) is 6.10. The van der Waals surface area contributed by atoms with E-state index in [4.69, 9.17) is 17.3 Å². The molecule has 2 nitrogen and oxygen atoms in total. The first-order chi connectivity index (χ1) is 9.65. The monoisotopic (exact) mass is 298 g/mol. The molecule has 1 aliphatic rings. The molecule has 0 amide bonds. The van der Waals surface area contributed by atoms with Crippen LogP contribution < -0.4 is 5.73 Å². The third kappa shape index (κ3) is 3.51. The molecule has 0 spiro atoms. The van der Waals surface area contributed by atoms with Crippen LogP contribution in [0, 0.1) is 5.82 Å². The van der Waals surface area contributed by atoms with Crippen molar-refractivity contribution in [3.05, 3.63) is 34.6 Å². The Kier molecular flexibility index (Phi) is 5.82. The molecule has 4 heteroatoms. The summed E-state index contributed by atoms with van der Waals surface area (Å²) in [4.78, 5) is 2.23. The van der Waals surface area contributed by atoms with Crippen molar-refractivity contribution in [3.8, 4) is 0 Å². The van der Waals surface area contributed by atoms with Gasteiger partial charge in [0, 0.05) is 23.2 Å². The number of hydrogen-bond acceptors (Lipinski definition) is 2. The predicted octanol–water partition coefficient (Wildman–Crippen LogP) is 4.13. The third-order valence-corrected chi connectivity index (χ3v) is 4.78. The largest absolute Gasteiger partial charge is 0.329 e. The van der Waals surface area contributed by atoms with Gasteiger partial charge in [-0.15, -0.1) is 0 Å². The molecule has 0 heterocycles. The quantitative estimate of drug-likeness (QED) is 0.847. The van der Waals surface area contributed by atoms with E-state index in [1.807, 2.05) is 0 Å². The summed E-state index contributed by atoms with van der Waals surface area (Å²) >= 11 is 6.20. The predicted molar refractivity (Wildman–Crippen MR) is 82.5 cm³/mol. The van der Waals surface area contributed by atoms with Gasteiger partial charge in [0.1, 0.15) is 5.82 Å². The van der Waals surface area contributed by atoms with Gasteiger partial charge in [-0.05, 0) is 32.0 Å².